The van der Waals surface area contributed by atoms with Gasteiger partial charge in [-0.15, -0.1) is 0 Å². The van der Waals surface area contributed by atoms with Gasteiger partial charge in [-0.05, 0) is 24.0 Å². The average molecular weight is 255 g/mol. The fraction of sp³-hybridized carbons (Fsp3) is 0.438. The summed E-state index contributed by atoms with van der Waals surface area (Å²) >= 11 is 0. The minimum absolute atomic E-state index is 0.0417. The van der Waals surface area contributed by atoms with E-state index in [1.165, 1.54) is 10.9 Å². The van der Waals surface area contributed by atoms with Gasteiger partial charge in [-0.25, -0.2) is 0 Å². The molecule has 1 saturated heterocycles. The molecule has 0 bridgehead atoms. The summed E-state index contributed by atoms with van der Waals surface area (Å²) in [5, 5.41) is 1.29. The van der Waals surface area contributed by atoms with Crippen LogP contribution in [0, 0.1) is 11.8 Å². The van der Waals surface area contributed by atoms with Crippen LogP contribution in [0.3, 0.4) is 0 Å². The second-order valence-electron chi connectivity index (χ2n) is 5.71. The van der Waals surface area contributed by atoms with Crippen LogP contribution in [0.1, 0.15) is 37.1 Å². The van der Waals surface area contributed by atoms with Crippen LogP contribution < -0.4 is 0 Å². The standard InChI is InChI=1S/C16H17NO2/c1-2-9-7-12-10-5-3-4-6-13(10)17-15(12)16-11(9)8-14(18)19-16/h3-6,9,11,16-17H,2,7-8H2,1H3/t9-,11?,16?/m1/s1. The molecule has 1 fully saturated rings. The molecule has 0 amide bonds. The monoisotopic (exact) mass is 255 g/mol. The molecule has 1 N–H and O–H groups in total. The van der Waals surface area contributed by atoms with Gasteiger partial charge in [-0.2, -0.15) is 0 Å². The van der Waals surface area contributed by atoms with Gasteiger partial charge in [-0.3, -0.25) is 4.79 Å². The topological polar surface area (TPSA) is 42.1 Å². The van der Waals surface area contributed by atoms with E-state index in [1.54, 1.807) is 0 Å². The Balaban J connectivity index is 1.92. The number of benzene rings is 1. The predicted octanol–water partition coefficient (Wildman–Crippen LogP) is 3.35. The van der Waals surface area contributed by atoms with Gasteiger partial charge in [0.15, 0.2) is 0 Å². The Morgan fingerprint density at radius 1 is 1.32 bits per heavy atom. The molecule has 3 nitrogen and oxygen atoms in total. The highest BCUT2D eigenvalue weighted by Gasteiger charge is 2.45. The van der Waals surface area contributed by atoms with E-state index in [9.17, 15) is 4.79 Å². The van der Waals surface area contributed by atoms with E-state index in [4.69, 9.17) is 4.74 Å². The highest BCUT2D eigenvalue weighted by molar-refractivity contribution is 5.85. The molecule has 0 saturated carbocycles. The number of ether oxygens (including phenoxy) is 1. The lowest BCUT2D eigenvalue weighted by Gasteiger charge is -2.31. The van der Waals surface area contributed by atoms with Gasteiger partial charge in [0.05, 0.1) is 12.1 Å². The lowest BCUT2D eigenvalue weighted by molar-refractivity contribution is -0.142. The first-order chi connectivity index (χ1) is 9.28. The van der Waals surface area contributed by atoms with E-state index < -0.39 is 0 Å². The minimum atomic E-state index is -0.0476. The van der Waals surface area contributed by atoms with Crippen molar-refractivity contribution < 1.29 is 9.53 Å². The third kappa shape index (κ3) is 1.47. The van der Waals surface area contributed by atoms with E-state index in [-0.39, 0.29) is 12.1 Å². The van der Waals surface area contributed by atoms with Crippen LogP contribution in [0.15, 0.2) is 24.3 Å². The summed E-state index contributed by atoms with van der Waals surface area (Å²) in [6.45, 7) is 2.21. The van der Waals surface area contributed by atoms with Crippen molar-refractivity contribution in [3.05, 3.63) is 35.5 Å². The van der Waals surface area contributed by atoms with E-state index in [0.29, 0.717) is 18.3 Å². The summed E-state index contributed by atoms with van der Waals surface area (Å²) < 4.78 is 5.58. The normalized spacial score (nSPS) is 29.1. The largest absolute Gasteiger partial charge is 0.456 e. The smallest absolute Gasteiger partial charge is 0.306 e. The molecule has 1 aromatic carbocycles. The molecule has 2 aromatic rings. The molecule has 3 atom stereocenters. The van der Waals surface area contributed by atoms with Crippen LogP contribution in [0.5, 0.6) is 0 Å². The molecule has 0 radical (unpaired) electrons. The molecule has 2 heterocycles. The zero-order valence-corrected chi connectivity index (χ0v) is 11.0. The number of hydrogen-bond donors (Lipinski definition) is 1. The van der Waals surface area contributed by atoms with Crippen molar-refractivity contribution in [2.45, 2.75) is 32.3 Å². The van der Waals surface area contributed by atoms with Gasteiger partial charge in [0.25, 0.3) is 0 Å². The Hall–Kier alpha value is -1.77. The number of aromatic nitrogens is 1. The predicted molar refractivity (Wildman–Crippen MR) is 72.7 cm³/mol. The Bertz CT molecular complexity index is 658. The first-order valence-electron chi connectivity index (χ1n) is 7.07. The van der Waals surface area contributed by atoms with Gasteiger partial charge >= 0.3 is 5.97 Å². The minimum Gasteiger partial charge on any atom is -0.456 e. The van der Waals surface area contributed by atoms with Crippen LogP contribution in [-0.2, 0) is 16.0 Å². The van der Waals surface area contributed by atoms with Gasteiger partial charge in [-0.1, -0.05) is 31.5 Å². The van der Waals surface area contributed by atoms with Crippen molar-refractivity contribution >= 4 is 16.9 Å². The number of fused-ring (bicyclic) bond motifs is 5. The number of aromatic amines is 1. The lowest BCUT2D eigenvalue weighted by atomic mass is 9.74. The highest BCUT2D eigenvalue weighted by atomic mass is 16.6. The van der Waals surface area contributed by atoms with Gasteiger partial charge in [0, 0.05) is 16.8 Å². The highest BCUT2D eigenvalue weighted by Crippen LogP contribution is 2.48. The van der Waals surface area contributed by atoms with E-state index >= 15 is 0 Å². The second-order valence-corrected chi connectivity index (χ2v) is 5.71. The van der Waals surface area contributed by atoms with Crippen molar-refractivity contribution in [3.63, 3.8) is 0 Å². The Morgan fingerprint density at radius 2 is 2.16 bits per heavy atom. The molecular weight excluding hydrogens is 238 g/mol. The number of nitrogens with one attached hydrogen (secondary N) is 1. The number of para-hydroxylation sites is 1. The van der Waals surface area contributed by atoms with E-state index in [0.717, 1.165) is 24.1 Å². The van der Waals surface area contributed by atoms with Crippen molar-refractivity contribution in [2.75, 3.05) is 0 Å². The van der Waals surface area contributed by atoms with Crippen LogP contribution in [0.25, 0.3) is 10.9 Å². The van der Waals surface area contributed by atoms with Crippen LogP contribution in [-0.4, -0.2) is 11.0 Å². The van der Waals surface area contributed by atoms with Crippen molar-refractivity contribution in [2.24, 2.45) is 11.8 Å². The number of esters is 1. The zero-order valence-electron chi connectivity index (χ0n) is 11.0. The third-order valence-electron chi connectivity index (χ3n) is 4.78. The molecule has 19 heavy (non-hydrogen) atoms. The third-order valence-corrected chi connectivity index (χ3v) is 4.78. The molecular formula is C16H17NO2. The summed E-state index contributed by atoms with van der Waals surface area (Å²) in [4.78, 5) is 15.1. The Morgan fingerprint density at radius 3 is 3.00 bits per heavy atom. The molecule has 2 unspecified atom stereocenters. The maximum Gasteiger partial charge on any atom is 0.306 e. The molecule has 3 heteroatoms. The fourth-order valence-electron chi connectivity index (χ4n) is 3.81. The summed E-state index contributed by atoms with van der Waals surface area (Å²) in [6, 6.07) is 8.37. The zero-order chi connectivity index (χ0) is 13.0. The van der Waals surface area contributed by atoms with Crippen LogP contribution in [0.2, 0.25) is 0 Å². The molecule has 1 aromatic heterocycles. The SMILES string of the molecule is CC[C@@H]1Cc2c([nH]c3ccccc23)C2OC(=O)CC21. The van der Waals surface area contributed by atoms with Crippen molar-refractivity contribution in [1.82, 2.24) is 4.98 Å². The Kier molecular flexibility index (Phi) is 2.25. The number of carbonyl (C=O) groups excluding carboxylic acids is 1. The maximum atomic E-state index is 11.7. The number of hydrogen-bond acceptors (Lipinski definition) is 2. The lowest BCUT2D eigenvalue weighted by Crippen LogP contribution is -2.26. The van der Waals surface area contributed by atoms with Gasteiger partial charge in [0.2, 0.25) is 0 Å². The second kappa shape index (κ2) is 3.86. The van der Waals surface area contributed by atoms with Gasteiger partial charge in [0.1, 0.15) is 6.10 Å². The number of H-pyrrole nitrogens is 1. The van der Waals surface area contributed by atoms with Crippen molar-refractivity contribution in [1.29, 1.82) is 0 Å². The number of rotatable bonds is 1. The van der Waals surface area contributed by atoms with Crippen molar-refractivity contribution in [3.8, 4) is 0 Å². The summed E-state index contributed by atoms with van der Waals surface area (Å²) in [5.41, 5.74) is 3.66. The number of carbonyl (C=O) groups is 1. The Labute approximate surface area is 112 Å². The van der Waals surface area contributed by atoms with Crippen LogP contribution in [0.4, 0.5) is 0 Å². The van der Waals surface area contributed by atoms with Crippen LogP contribution >= 0.6 is 0 Å². The summed E-state index contributed by atoms with van der Waals surface area (Å²) in [6.07, 6.45) is 2.70. The first-order valence-corrected chi connectivity index (χ1v) is 7.07. The molecule has 1 aliphatic carbocycles. The molecule has 98 valence electrons. The molecule has 0 spiro atoms. The fourth-order valence-corrected chi connectivity index (χ4v) is 3.81. The summed E-state index contributed by atoms with van der Waals surface area (Å²) in [5.74, 6) is 0.876. The molecule has 1 aliphatic heterocycles. The molecule has 2 aliphatic rings. The van der Waals surface area contributed by atoms with Gasteiger partial charge < -0.3 is 9.72 Å². The first kappa shape index (κ1) is 11.1. The quantitative estimate of drug-likeness (QED) is 0.794. The maximum absolute atomic E-state index is 11.7. The molecule has 4 rings (SSSR count). The van der Waals surface area contributed by atoms with E-state index in [1.807, 2.05) is 6.07 Å². The summed E-state index contributed by atoms with van der Waals surface area (Å²) in [7, 11) is 0. The average Bonchev–Trinajstić information content (AvgIpc) is 2.97. The van der Waals surface area contributed by atoms with E-state index in [2.05, 4.69) is 30.1 Å².